The first kappa shape index (κ1) is 16.0. The minimum Gasteiger partial charge on any atom is -0.371 e. The Morgan fingerprint density at radius 2 is 2.00 bits per heavy atom. The molecule has 23 heavy (non-hydrogen) atoms. The van der Waals surface area contributed by atoms with Crippen molar-refractivity contribution < 1.29 is 4.79 Å². The van der Waals surface area contributed by atoms with Gasteiger partial charge in [-0.05, 0) is 52.9 Å². The predicted molar refractivity (Wildman–Crippen MR) is 95.4 cm³/mol. The Morgan fingerprint density at radius 1 is 1.22 bits per heavy atom. The van der Waals surface area contributed by atoms with Crippen molar-refractivity contribution in [3.8, 4) is 0 Å². The Hall–Kier alpha value is -1.85. The maximum Gasteiger partial charge on any atom is 0.222 e. The third kappa shape index (κ3) is 4.33. The van der Waals surface area contributed by atoms with Crippen LogP contribution >= 0.6 is 11.3 Å². The van der Waals surface area contributed by atoms with Gasteiger partial charge in [-0.3, -0.25) is 4.79 Å². The Kier molecular flexibility index (Phi) is 5.31. The number of nitrogens with one attached hydrogen (secondary N) is 1. The number of carbonyl (C=O) groups is 1. The van der Waals surface area contributed by atoms with Gasteiger partial charge in [0.05, 0.1) is 5.92 Å². The Balaban J connectivity index is 1.53. The van der Waals surface area contributed by atoms with Crippen LogP contribution in [0.3, 0.4) is 0 Å². The van der Waals surface area contributed by atoms with Gasteiger partial charge in [-0.15, -0.1) is 0 Å². The van der Waals surface area contributed by atoms with Gasteiger partial charge < -0.3 is 16.0 Å². The average Bonchev–Trinajstić information content (AvgIpc) is 3.09. The Bertz CT molecular complexity index is 624. The van der Waals surface area contributed by atoms with Gasteiger partial charge >= 0.3 is 0 Å². The second kappa shape index (κ2) is 7.62. The van der Waals surface area contributed by atoms with Gasteiger partial charge in [0.2, 0.25) is 5.91 Å². The maximum atomic E-state index is 11.4. The second-order valence-corrected chi connectivity index (χ2v) is 6.87. The fourth-order valence-corrected chi connectivity index (χ4v) is 3.68. The molecule has 1 atom stereocenters. The summed E-state index contributed by atoms with van der Waals surface area (Å²) in [5, 5.41) is 7.73. The lowest BCUT2D eigenvalue weighted by molar-refractivity contribution is -0.122. The summed E-state index contributed by atoms with van der Waals surface area (Å²) < 4.78 is 0. The number of benzene rings is 1. The minimum atomic E-state index is -0.177. The highest BCUT2D eigenvalue weighted by atomic mass is 32.1. The van der Waals surface area contributed by atoms with E-state index in [1.165, 1.54) is 16.8 Å². The van der Waals surface area contributed by atoms with Gasteiger partial charge in [-0.25, -0.2) is 0 Å². The molecule has 1 aliphatic heterocycles. The summed E-state index contributed by atoms with van der Waals surface area (Å²) in [6.07, 6.45) is 1.94. The second-order valence-electron chi connectivity index (χ2n) is 6.09. The molecule has 3 rings (SSSR count). The summed E-state index contributed by atoms with van der Waals surface area (Å²) in [7, 11) is 0. The summed E-state index contributed by atoms with van der Waals surface area (Å²) >= 11 is 1.73. The third-order valence-electron chi connectivity index (χ3n) is 4.36. The number of primary amides is 1. The summed E-state index contributed by atoms with van der Waals surface area (Å²) in [6, 6.07) is 10.7. The zero-order chi connectivity index (χ0) is 16.1. The Morgan fingerprint density at radius 3 is 2.70 bits per heavy atom. The van der Waals surface area contributed by atoms with Crippen molar-refractivity contribution in [3.05, 3.63) is 52.2 Å². The first-order chi connectivity index (χ1) is 11.2. The average molecular weight is 329 g/mol. The quantitative estimate of drug-likeness (QED) is 0.857. The molecule has 2 aromatic rings. The third-order valence-corrected chi connectivity index (χ3v) is 5.10. The normalized spacial score (nSPS) is 18.1. The van der Waals surface area contributed by atoms with Crippen LogP contribution in [0, 0.1) is 5.92 Å². The molecule has 0 saturated carbocycles. The van der Waals surface area contributed by atoms with E-state index in [-0.39, 0.29) is 11.8 Å². The smallest absolute Gasteiger partial charge is 0.222 e. The van der Waals surface area contributed by atoms with Crippen molar-refractivity contribution in [3.63, 3.8) is 0 Å². The zero-order valence-corrected chi connectivity index (χ0v) is 14.0. The fourth-order valence-electron chi connectivity index (χ4n) is 3.01. The van der Waals surface area contributed by atoms with Crippen LogP contribution in [-0.4, -0.2) is 19.0 Å². The van der Waals surface area contributed by atoms with Crippen LogP contribution in [0.15, 0.2) is 41.1 Å². The molecular formula is C18H23N3OS. The molecule has 4 nitrogen and oxygen atoms in total. The maximum absolute atomic E-state index is 11.4. The number of piperidine rings is 1. The van der Waals surface area contributed by atoms with Crippen molar-refractivity contribution in [2.24, 2.45) is 11.7 Å². The van der Waals surface area contributed by atoms with Gasteiger partial charge in [0.1, 0.15) is 0 Å². The molecule has 1 saturated heterocycles. The predicted octanol–water partition coefficient (Wildman–Crippen LogP) is 2.74. The van der Waals surface area contributed by atoms with Gasteiger partial charge in [0, 0.05) is 31.9 Å². The molecule has 1 fully saturated rings. The molecule has 1 aromatic carbocycles. The molecule has 3 N–H and O–H groups in total. The summed E-state index contributed by atoms with van der Waals surface area (Å²) in [6.45, 7) is 3.50. The highest BCUT2D eigenvalue weighted by molar-refractivity contribution is 7.07. The first-order valence-electron chi connectivity index (χ1n) is 8.07. The number of hydrogen-bond acceptors (Lipinski definition) is 4. The van der Waals surface area contributed by atoms with E-state index >= 15 is 0 Å². The number of nitrogens with zero attached hydrogens (tertiary/aromatic N) is 1. The van der Waals surface area contributed by atoms with Crippen LogP contribution in [-0.2, 0) is 17.9 Å². The van der Waals surface area contributed by atoms with Crippen LogP contribution in [0.2, 0.25) is 0 Å². The number of nitrogens with two attached hydrogens (primary N) is 1. The van der Waals surface area contributed by atoms with Crippen molar-refractivity contribution in [1.82, 2.24) is 5.32 Å². The lowest BCUT2D eigenvalue weighted by atomic mass is 9.97. The van der Waals surface area contributed by atoms with Gasteiger partial charge in [-0.1, -0.05) is 12.1 Å². The highest BCUT2D eigenvalue weighted by Gasteiger charge is 2.23. The Labute approximate surface area is 141 Å². The van der Waals surface area contributed by atoms with Crippen molar-refractivity contribution >= 4 is 22.9 Å². The van der Waals surface area contributed by atoms with Gasteiger partial charge in [0.25, 0.3) is 0 Å². The van der Waals surface area contributed by atoms with Crippen molar-refractivity contribution in [2.45, 2.75) is 25.9 Å². The summed E-state index contributed by atoms with van der Waals surface area (Å²) in [4.78, 5) is 13.7. The van der Waals surface area contributed by atoms with E-state index in [9.17, 15) is 4.79 Å². The van der Waals surface area contributed by atoms with Crippen LogP contribution in [0.25, 0.3) is 0 Å². The lowest BCUT2D eigenvalue weighted by Gasteiger charge is -2.33. The van der Waals surface area contributed by atoms with Gasteiger partial charge in [-0.2, -0.15) is 11.3 Å². The molecule has 0 unspecified atom stereocenters. The summed E-state index contributed by atoms with van der Waals surface area (Å²) in [5.41, 5.74) is 9.23. The highest BCUT2D eigenvalue weighted by Crippen LogP contribution is 2.23. The molecule has 5 heteroatoms. The van der Waals surface area contributed by atoms with E-state index in [1.54, 1.807) is 11.3 Å². The van der Waals surface area contributed by atoms with Crippen molar-refractivity contribution in [2.75, 3.05) is 18.0 Å². The first-order valence-corrected chi connectivity index (χ1v) is 9.01. The molecule has 0 bridgehead atoms. The molecular weight excluding hydrogens is 306 g/mol. The standard InChI is InChI=1S/C18H23N3OS/c19-18(22)16-2-1-8-21(12-16)17-5-3-14(4-6-17)10-20-11-15-7-9-23-13-15/h3-7,9,13,16,20H,1-2,8,10-12H2,(H2,19,22)/t16-/m0/s1. The summed E-state index contributed by atoms with van der Waals surface area (Å²) in [5.74, 6) is -0.195. The van der Waals surface area contributed by atoms with E-state index < -0.39 is 0 Å². The topological polar surface area (TPSA) is 58.4 Å². The molecule has 1 amide bonds. The largest absolute Gasteiger partial charge is 0.371 e. The molecule has 1 aromatic heterocycles. The number of rotatable bonds is 6. The van der Waals surface area contributed by atoms with E-state index in [4.69, 9.17) is 5.73 Å². The molecule has 0 aliphatic carbocycles. The lowest BCUT2D eigenvalue weighted by Crippen LogP contribution is -2.41. The number of amides is 1. The van der Waals surface area contributed by atoms with Crippen LogP contribution in [0.5, 0.6) is 0 Å². The van der Waals surface area contributed by atoms with Gasteiger partial charge in [0.15, 0.2) is 0 Å². The number of thiophene rings is 1. The molecule has 1 aliphatic rings. The zero-order valence-electron chi connectivity index (χ0n) is 13.2. The van der Waals surface area contributed by atoms with E-state index in [0.29, 0.717) is 0 Å². The van der Waals surface area contributed by atoms with Crippen LogP contribution in [0.4, 0.5) is 5.69 Å². The number of anilines is 1. The van der Waals surface area contributed by atoms with E-state index in [0.717, 1.165) is 39.0 Å². The van der Waals surface area contributed by atoms with Crippen LogP contribution < -0.4 is 16.0 Å². The fraction of sp³-hybridized carbons (Fsp3) is 0.389. The molecule has 0 radical (unpaired) electrons. The molecule has 2 heterocycles. The minimum absolute atomic E-state index is 0.0179. The number of carbonyl (C=O) groups excluding carboxylic acids is 1. The SMILES string of the molecule is NC(=O)[C@H]1CCCN(c2ccc(CNCc3ccsc3)cc2)C1. The number of hydrogen-bond donors (Lipinski definition) is 2. The van der Waals surface area contributed by atoms with E-state index in [2.05, 4.69) is 51.3 Å². The van der Waals surface area contributed by atoms with Crippen molar-refractivity contribution in [1.29, 1.82) is 0 Å². The molecule has 0 spiro atoms. The van der Waals surface area contributed by atoms with E-state index in [1.807, 2.05) is 0 Å². The van der Waals surface area contributed by atoms with Crippen LogP contribution in [0.1, 0.15) is 24.0 Å². The molecule has 122 valence electrons. The monoisotopic (exact) mass is 329 g/mol.